The zero-order chi connectivity index (χ0) is 15.4. The Labute approximate surface area is 127 Å². The monoisotopic (exact) mass is 286 g/mol. The van der Waals surface area contributed by atoms with Gasteiger partial charge in [0, 0.05) is 18.2 Å². The molecule has 0 saturated heterocycles. The second-order valence-electron chi connectivity index (χ2n) is 7.72. The molecule has 3 nitrogen and oxygen atoms in total. The van der Waals surface area contributed by atoms with Gasteiger partial charge in [-0.1, -0.05) is 39.8 Å². The molecule has 1 heterocycles. The van der Waals surface area contributed by atoms with Crippen LogP contribution in [0.2, 0.25) is 0 Å². The number of benzene rings is 1. The van der Waals surface area contributed by atoms with Crippen LogP contribution in [0, 0.1) is 16.7 Å². The molecular weight excluding hydrogens is 260 g/mol. The SMILES string of the molecule is CC1(C)C(C(N)c2ccc3c(c2)C(=O)NCCC3)C1(C)C. The van der Waals surface area contributed by atoms with Crippen molar-refractivity contribution in [1.82, 2.24) is 5.32 Å². The fraction of sp³-hybridized carbons (Fsp3) is 0.611. The van der Waals surface area contributed by atoms with Gasteiger partial charge in [0.1, 0.15) is 0 Å². The summed E-state index contributed by atoms with van der Waals surface area (Å²) in [6.07, 6.45) is 1.97. The zero-order valence-electron chi connectivity index (χ0n) is 13.5. The first kappa shape index (κ1) is 14.6. The molecule has 1 atom stereocenters. The van der Waals surface area contributed by atoms with Gasteiger partial charge in [0.2, 0.25) is 0 Å². The number of nitrogens with two attached hydrogens (primary N) is 1. The Kier molecular flexibility index (Phi) is 3.17. The van der Waals surface area contributed by atoms with Gasteiger partial charge in [-0.05, 0) is 46.8 Å². The lowest BCUT2D eigenvalue weighted by molar-refractivity contribution is 0.0956. The standard InChI is InChI=1S/C18H26N2O/c1-17(2)15(18(17,3)4)14(19)12-8-7-11-6-5-9-20-16(21)13(11)10-12/h7-8,10,14-15H,5-6,9,19H2,1-4H3,(H,20,21). The molecule has 1 fully saturated rings. The van der Waals surface area contributed by atoms with Gasteiger partial charge in [-0.25, -0.2) is 0 Å². The number of carbonyl (C=O) groups is 1. The molecule has 3 N–H and O–H groups in total. The van der Waals surface area contributed by atoms with E-state index in [2.05, 4.69) is 45.1 Å². The Bertz CT molecular complexity index is 575. The van der Waals surface area contributed by atoms with Crippen LogP contribution >= 0.6 is 0 Å². The molecule has 0 aromatic heterocycles. The second kappa shape index (κ2) is 4.57. The van der Waals surface area contributed by atoms with Crippen molar-refractivity contribution in [1.29, 1.82) is 0 Å². The molecule has 2 aliphatic rings. The van der Waals surface area contributed by atoms with Gasteiger partial charge >= 0.3 is 0 Å². The first-order chi connectivity index (χ1) is 9.76. The van der Waals surface area contributed by atoms with E-state index >= 15 is 0 Å². The second-order valence-corrected chi connectivity index (χ2v) is 7.72. The quantitative estimate of drug-likeness (QED) is 0.878. The minimum absolute atomic E-state index is 0.00338. The smallest absolute Gasteiger partial charge is 0.251 e. The number of fused-ring (bicyclic) bond motifs is 1. The topological polar surface area (TPSA) is 55.1 Å². The summed E-state index contributed by atoms with van der Waals surface area (Å²) >= 11 is 0. The van der Waals surface area contributed by atoms with E-state index in [0.29, 0.717) is 5.92 Å². The number of nitrogens with one attached hydrogen (secondary N) is 1. The third-order valence-corrected chi connectivity index (χ3v) is 6.16. The summed E-state index contributed by atoms with van der Waals surface area (Å²) in [5.74, 6) is 0.503. The van der Waals surface area contributed by atoms with Crippen molar-refractivity contribution < 1.29 is 4.79 Å². The van der Waals surface area contributed by atoms with E-state index in [1.807, 2.05) is 6.07 Å². The van der Waals surface area contributed by atoms with Crippen LogP contribution in [0.1, 0.15) is 61.6 Å². The number of hydrogen-bond donors (Lipinski definition) is 2. The molecule has 114 valence electrons. The van der Waals surface area contributed by atoms with Crippen molar-refractivity contribution in [3.63, 3.8) is 0 Å². The molecule has 1 aliphatic carbocycles. The van der Waals surface area contributed by atoms with Crippen LogP contribution in [0.4, 0.5) is 0 Å². The Morgan fingerprint density at radius 2 is 1.90 bits per heavy atom. The highest BCUT2D eigenvalue weighted by Crippen LogP contribution is 2.71. The minimum atomic E-state index is -0.00338. The zero-order valence-corrected chi connectivity index (χ0v) is 13.5. The largest absolute Gasteiger partial charge is 0.352 e. The van der Waals surface area contributed by atoms with Crippen molar-refractivity contribution in [2.45, 2.75) is 46.6 Å². The lowest BCUT2D eigenvalue weighted by Gasteiger charge is -2.16. The number of carbonyl (C=O) groups excluding carboxylic acids is 1. The van der Waals surface area contributed by atoms with Gasteiger partial charge in [-0.2, -0.15) is 0 Å². The van der Waals surface area contributed by atoms with Crippen LogP contribution in [0.5, 0.6) is 0 Å². The molecule has 21 heavy (non-hydrogen) atoms. The van der Waals surface area contributed by atoms with E-state index in [-0.39, 0.29) is 22.8 Å². The van der Waals surface area contributed by atoms with Crippen LogP contribution in [-0.4, -0.2) is 12.5 Å². The van der Waals surface area contributed by atoms with Crippen molar-refractivity contribution >= 4 is 5.91 Å². The van der Waals surface area contributed by atoms with E-state index < -0.39 is 0 Å². The maximum Gasteiger partial charge on any atom is 0.251 e. The van der Waals surface area contributed by atoms with Crippen molar-refractivity contribution in [2.75, 3.05) is 6.54 Å². The number of aryl methyl sites for hydroxylation is 1. The molecule has 1 amide bonds. The first-order valence-electron chi connectivity index (χ1n) is 7.93. The first-order valence-corrected chi connectivity index (χ1v) is 7.93. The predicted molar refractivity (Wildman–Crippen MR) is 85.1 cm³/mol. The van der Waals surface area contributed by atoms with Crippen LogP contribution in [0.3, 0.4) is 0 Å². The minimum Gasteiger partial charge on any atom is -0.352 e. The molecule has 3 heteroatoms. The van der Waals surface area contributed by atoms with Gasteiger partial charge in [-0.15, -0.1) is 0 Å². The Balaban J connectivity index is 1.93. The molecule has 1 unspecified atom stereocenters. The summed E-state index contributed by atoms with van der Waals surface area (Å²) in [5.41, 5.74) is 10.1. The Morgan fingerprint density at radius 1 is 1.24 bits per heavy atom. The molecule has 0 bridgehead atoms. The van der Waals surface area contributed by atoms with Gasteiger partial charge < -0.3 is 11.1 Å². The van der Waals surface area contributed by atoms with E-state index in [4.69, 9.17) is 5.73 Å². The van der Waals surface area contributed by atoms with E-state index in [1.54, 1.807) is 0 Å². The average Bonchev–Trinajstić information content (AvgIpc) is 2.91. The predicted octanol–water partition coefficient (Wildman–Crippen LogP) is 3.04. The van der Waals surface area contributed by atoms with E-state index in [1.165, 1.54) is 0 Å². The van der Waals surface area contributed by atoms with Gasteiger partial charge in [0.05, 0.1) is 0 Å². The molecule has 1 aromatic carbocycles. The molecule has 1 aromatic rings. The number of rotatable bonds is 2. The fourth-order valence-electron chi connectivity index (χ4n) is 4.14. The normalized spacial score (nSPS) is 24.7. The fourth-order valence-corrected chi connectivity index (χ4v) is 4.14. The summed E-state index contributed by atoms with van der Waals surface area (Å²) in [6.45, 7) is 9.90. The van der Waals surface area contributed by atoms with E-state index in [9.17, 15) is 4.79 Å². The summed E-state index contributed by atoms with van der Waals surface area (Å²) in [7, 11) is 0. The molecule has 1 saturated carbocycles. The molecule has 3 rings (SSSR count). The lowest BCUT2D eigenvalue weighted by Crippen LogP contribution is -2.23. The van der Waals surface area contributed by atoms with Crippen LogP contribution in [-0.2, 0) is 6.42 Å². The third kappa shape index (κ3) is 2.10. The molecule has 0 spiro atoms. The molecule has 0 radical (unpaired) electrons. The van der Waals surface area contributed by atoms with Crippen LogP contribution in [0.25, 0.3) is 0 Å². The number of hydrogen-bond acceptors (Lipinski definition) is 2. The van der Waals surface area contributed by atoms with Crippen LogP contribution in [0.15, 0.2) is 18.2 Å². The molecular formula is C18H26N2O. The van der Waals surface area contributed by atoms with Gasteiger partial charge in [0.25, 0.3) is 5.91 Å². The highest BCUT2D eigenvalue weighted by atomic mass is 16.1. The number of amides is 1. The van der Waals surface area contributed by atoms with Crippen LogP contribution < -0.4 is 11.1 Å². The van der Waals surface area contributed by atoms with E-state index in [0.717, 1.165) is 36.1 Å². The Hall–Kier alpha value is -1.35. The maximum absolute atomic E-state index is 12.2. The summed E-state index contributed by atoms with van der Waals surface area (Å²) in [5, 5.41) is 2.96. The summed E-state index contributed by atoms with van der Waals surface area (Å²) in [6, 6.07) is 6.23. The highest BCUT2D eigenvalue weighted by molar-refractivity contribution is 5.96. The highest BCUT2D eigenvalue weighted by Gasteiger charge is 2.66. The Morgan fingerprint density at radius 3 is 2.52 bits per heavy atom. The van der Waals surface area contributed by atoms with Crippen molar-refractivity contribution in [3.8, 4) is 0 Å². The average molecular weight is 286 g/mol. The third-order valence-electron chi connectivity index (χ3n) is 6.16. The summed E-state index contributed by atoms with van der Waals surface area (Å²) < 4.78 is 0. The lowest BCUT2D eigenvalue weighted by atomic mass is 9.93. The van der Waals surface area contributed by atoms with Crippen molar-refractivity contribution in [3.05, 3.63) is 34.9 Å². The summed E-state index contributed by atoms with van der Waals surface area (Å²) in [4.78, 5) is 12.2. The van der Waals surface area contributed by atoms with Gasteiger partial charge in [0.15, 0.2) is 0 Å². The maximum atomic E-state index is 12.2. The van der Waals surface area contributed by atoms with Gasteiger partial charge in [-0.3, -0.25) is 4.79 Å². The molecule has 1 aliphatic heterocycles. The van der Waals surface area contributed by atoms with Crippen molar-refractivity contribution in [2.24, 2.45) is 22.5 Å².